The number of H-pyrrole nitrogens is 1. The topological polar surface area (TPSA) is 44.9 Å². The number of nitrogens with one attached hydrogen (secondary N) is 2. The molecule has 0 aliphatic carbocycles. The molecule has 4 heteroatoms. The van der Waals surface area contributed by atoms with E-state index in [0.29, 0.717) is 6.04 Å². The highest BCUT2D eigenvalue weighted by Gasteiger charge is 2.06. The largest absolute Gasteiger partial charge is 0.316 e. The summed E-state index contributed by atoms with van der Waals surface area (Å²) in [5.74, 6) is 0. The maximum atomic E-state index is 11.2. The maximum Gasteiger partial charge on any atom is 0.304 e. The van der Waals surface area contributed by atoms with E-state index in [1.807, 2.05) is 0 Å². The van der Waals surface area contributed by atoms with Crippen molar-refractivity contribution in [3.05, 3.63) is 20.2 Å². The Hall–Kier alpha value is -0.610. The molecule has 0 aromatic carbocycles. The zero-order chi connectivity index (χ0) is 10.6. The van der Waals surface area contributed by atoms with Crippen molar-refractivity contribution in [2.75, 3.05) is 0 Å². The van der Waals surface area contributed by atoms with Crippen LogP contribution in [0.4, 0.5) is 0 Å². The Labute approximate surface area is 88.6 Å². The van der Waals surface area contributed by atoms with E-state index >= 15 is 0 Å². The van der Waals surface area contributed by atoms with Crippen LogP contribution in [0.2, 0.25) is 0 Å². The Morgan fingerprint density at radius 2 is 2.21 bits per heavy atom. The summed E-state index contributed by atoms with van der Waals surface area (Å²) in [4.78, 5) is 15.3. The molecular weight excluding hydrogens is 196 g/mol. The predicted octanol–water partition coefficient (Wildman–Crippen LogP) is 1.89. The number of thiazole rings is 1. The van der Waals surface area contributed by atoms with Crippen molar-refractivity contribution in [1.29, 1.82) is 0 Å². The molecule has 1 aromatic rings. The highest BCUT2D eigenvalue weighted by Crippen LogP contribution is 2.11. The van der Waals surface area contributed by atoms with Gasteiger partial charge in [0.05, 0.1) is 0 Å². The Morgan fingerprint density at radius 1 is 1.50 bits per heavy atom. The second kappa shape index (κ2) is 5.32. The van der Waals surface area contributed by atoms with Gasteiger partial charge in [-0.2, -0.15) is 0 Å². The van der Waals surface area contributed by atoms with E-state index in [-0.39, 0.29) is 4.87 Å². The van der Waals surface area contributed by atoms with Gasteiger partial charge in [0, 0.05) is 23.2 Å². The minimum Gasteiger partial charge on any atom is -0.316 e. The van der Waals surface area contributed by atoms with Crippen LogP contribution in [0.3, 0.4) is 0 Å². The molecule has 0 aliphatic heterocycles. The molecule has 0 fully saturated rings. The Balaban J connectivity index is 2.68. The van der Waals surface area contributed by atoms with Crippen LogP contribution in [0, 0.1) is 0 Å². The molecule has 0 atom stereocenters. The van der Waals surface area contributed by atoms with Crippen LogP contribution >= 0.6 is 11.3 Å². The second-order valence-corrected chi connectivity index (χ2v) is 4.77. The van der Waals surface area contributed by atoms with Crippen LogP contribution in [-0.4, -0.2) is 11.0 Å². The fourth-order valence-corrected chi connectivity index (χ4v) is 2.11. The zero-order valence-corrected chi connectivity index (χ0v) is 9.83. The van der Waals surface area contributed by atoms with Gasteiger partial charge in [0.2, 0.25) is 0 Å². The van der Waals surface area contributed by atoms with Gasteiger partial charge in [0.15, 0.2) is 0 Å². The normalized spacial score (nSPS) is 11.1. The van der Waals surface area contributed by atoms with Crippen molar-refractivity contribution < 1.29 is 0 Å². The van der Waals surface area contributed by atoms with Crippen LogP contribution in [0.5, 0.6) is 0 Å². The van der Waals surface area contributed by atoms with E-state index in [2.05, 4.69) is 31.1 Å². The summed E-state index contributed by atoms with van der Waals surface area (Å²) >= 11 is 1.32. The third-order valence-electron chi connectivity index (χ3n) is 1.98. The average molecular weight is 214 g/mol. The molecule has 2 N–H and O–H groups in total. The molecule has 1 heterocycles. The van der Waals surface area contributed by atoms with Crippen molar-refractivity contribution in [1.82, 2.24) is 10.3 Å². The highest BCUT2D eigenvalue weighted by atomic mass is 32.1. The summed E-state index contributed by atoms with van der Waals surface area (Å²) in [7, 11) is 0. The Morgan fingerprint density at radius 3 is 2.79 bits per heavy atom. The lowest BCUT2D eigenvalue weighted by molar-refractivity contribution is 0.589. The first-order chi connectivity index (χ1) is 6.63. The van der Waals surface area contributed by atoms with E-state index in [9.17, 15) is 4.79 Å². The van der Waals surface area contributed by atoms with Gasteiger partial charge in [-0.25, -0.2) is 0 Å². The molecular formula is C10H18N2OS. The molecule has 1 rings (SSSR count). The lowest BCUT2D eigenvalue weighted by atomic mass is 10.2. The summed E-state index contributed by atoms with van der Waals surface area (Å²) in [5, 5.41) is 3.33. The van der Waals surface area contributed by atoms with Crippen LogP contribution in [-0.2, 0) is 13.0 Å². The molecule has 0 aliphatic rings. The van der Waals surface area contributed by atoms with E-state index in [4.69, 9.17) is 0 Å². The van der Waals surface area contributed by atoms with Crippen LogP contribution < -0.4 is 10.2 Å². The number of aryl methyl sites for hydroxylation is 1. The molecule has 0 bridgehead atoms. The molecule has 0 saturated heterocycles. The number of rotatable bonds is 5. The quantitative estimate of drug-likeness (QED) is 0.786. The lowest BCUT2D eigenvalue weighted by Gasteiger charge is -2.07. The van der Waals surface area contributed by atoms with Crippen LogP contribution in [0.1, 0.15) is 37.8 Å². The van der Waals surface area contributed by atoms with Gasteiger partial charge in [-0.1, -0.05) is 38.5 Å². The van der Waals surface area contributed by atoms with Crippen molar-refractivity contribution in [3.63, 3.8) is 0 Å². The van der Waals surface area contributed by atoms with Gasteiger partial charge in [-0.05, 0) is 6.42 Å². The summed E-state index contributed by atoms with van der Waals surface area (Å²) < 4.78 is 0. The number of hydrogen-bond acceptors (Lipinski definition) is 3. The average Bonchev–Trinajstić information content (AvgIpc) is 2.44. The van der Waals surface area contributed by atoms with Gasteiger partial charge in [-0.3, -0.25) is 4.79 Å². The number of hydrogen-bond donors (Lipinski definition) is 2. The maximum absolute atomic E-state index is 11.2. The fraction of sp³-hybridized carbons (Fsp3) is 0.700. The van der Waals surface area contributed by atoms with Gasteiger partial charge in [0.25, 0.3) is 0 Å². The molecule has 0 unspecified atom stereocenters. The molecule has 0 radical (unpaired) electrons. The molecule has 0 amide bonds. The van der Waals surface area contributed by atoms with Crippen molar-refractivity contribution in [2.24, 2.45) is 0 Å². The van der Waals surface area contributed by atoms with Crippen molar-refractivity contribution in [2.45, 2.75) is 46.2 Å². The minimum atomic E-state index is 0.0639. The number of aromatic amines is 1. The summed E-state index contributed by atoms with van der Waals surface area (Å²) in [6.45, 7) is 7.13. The predicted molar refractivity (Wildman–Crippen MR) is 60.9 cm³/mol. The molecule has 3 nitrogen and oxygen atoms in total. The summed E-state index contributed by atoms with van der Waals surface area (Å²) in [5.41, 5.74) is 1.11. The minimum absolute atomic E-state index is 0.0639. The molecule has 80 valence electrons. The monoisotopic (exact) mass is 214 g/mol. The molecule has 14 heavy (non-hydrogen) atoms. The molecule has 0 spiro atoms. The SMILES string of the molecule is CCCc1[nH]c(=O)sc1CNC(C)C. The van der Waals surface area contributed by atoms with Gasteiger partial charge >= 0.3 is 4.87 Å². The van der Waals surface area contributed by atoms with Crippen molar-refractivity contribution >= 4 is 11.3 Å². The van der Waals surface area contributed by atoms with Gasteiger partial charge in [0.1, 0.15) is 0 Å². The number of aromatic nitrogens is 1. The second-order valence-electron chi connectivity index (χ2n) is 3.70. The van der Waals surface area contributed by atoms with E-state index in [1.54, 1.807) is 0 Å². The van der Waals surface area contributed by atoms with Gasteiger partial charge in [-0.15, -0.1) is 0 Å². The molecule has 1 aromatic heterocycles. The van der Waals surface area contributed by atoms with Crippen LogP contribution in [0.15, 0.2) is 4.79 Å². The third-order valence-corrected chi connectivity index (χ3v) is 2.90. The molecule has 0 saturated carbocycles. The van der Waals surface area contributed by atoms with Crippen LogP contribution in [0.25, 0.3) is 0 Å². The fourth-order valence-electron chi connectivity index (χ4n) is 1.28. The standard InChI is InChI=1S/C10H18N2OS/c1-4-5-8-9(6-11-7(2)3)14-10(13)12-8/h7,11H,4-6H2,1-3H3,(H,12,13). The smallest absolute Gasteiger partial charge is 0.304 e. The summed E-state index contributed by atoms with van der Waals surface area (Å²) in [6, 6.07) is 0.460. The summed E-state index contributed by atoms with van der Waals surface area (Å²) in [6.07, 6.45) is 2.04. The Bertz CT molecular complexity index is 327. The first-order valence-corrected chi connectivity index (χ1v) is 5.89. The third kappa shape index (κ3) is 3.27. The lowest BCUT2D eigenvalue weighted by Crippen LogP contribution is -2.21. The van der Waals surface area contributed by atoms with Gasteiger partial charge < -0.3 is 10.3 Å². The zero-order valence-electron chi connectivity index (χ0n) is 9.02. The first kappa shape index (κ1) is 11.5. The van der Waals surface area contributed by atoms with Crippen molar-refractivity contribution in [3.8, 4) is 0 Å². The first-order valence-electron chi connectivity index (χ1n) is 5.07. The van der Waals surface area contributed by atoms with E-state index < -0.39 is 0 Å². The van der Waals surface area contributed by atoms with E-state index in [0.717, 1.165) is 30.0 Å². The van der Waals surface area contributed by atoms with E-state index in [1.165, 1.54) is 11.3 Å². The highest BCUT2D eigenvalue weighted by molar-refractivity contribution is 7.09. The Kier molecular flexibility index (Phi) is 4.35.